The van der Waals surface area contributed by atoms with Crippen LogP contribution in [0.1, 0.15) is 12.5 Å². The number of fused-ring (bicyclic) bond motifs is 1. The summed E-state index contributed by atoms with van der Waals surface area (Å²) in [6, 6.07) is 2.71. The fraction of sp³-hybridized carbons (Fsp3) is 0.300. The van der Waals surface area contributed by atoms with E-state index in [-0.39, 0.29) is 17.9 Å². The first-order valence-corrected chi connectivity index (χ1v) is 4.49. The lowest BCUT2D eigenvalue weighted by atomic mass is 9.98. The zero-order valence-corrected chi connectivity index (χ0v) is 8.11. The second kappa shape index (κ2) is 2.79. The number of hydrogen-bond donors (Lipinski definition) is 4. The normalized spacial score (nSPS) is 23.3. The average Bonchev–Trinajstić information content (AvgIpc) is 2.43. The maximum Gasteiger partial charge on any atom is 0.329 e. The third-order valence-electron chi connectivity index (χ3n) is 2.63. The van der Waals surface area contributed by atoms with Crippen molar-refractivity contribution in [3.8, 4) is 11.5 Å². The molecule has 4 N–H and O–H groups in total. The van der Waals surface area contributed by atoms with Crippen LogP contribution in [0.15, 0.2) is 12.1 Å². The highest BCUT2D eigenvalue weighted by Gasteiger charge is 2.39. The van der Waals surface area contributed by atoms with Crippen molar-refractivity contribution < 1.29 is 20.1 Å². The second-order valence-electron chi connectivity index (χ2n) is 3.94. The quantitative estimate of drug-likeness (QED) is 0.407. The number of benzene rings is 1. The van der Waals surface area contributed by atoms with E-state index in [1.54, 1.807) is 6.92 Å². The van der Waals surface area contributed by atoms with Gasteiger partial charge in [-0.3, -0.25) is 0 Å². The molecule has 0 fully saturated rings. The first-order valence-electron chi connectivity index (χ1n) is 4.49. The monoisotopic (exact) mass is 209 g/mol. The Bertz CT molecular complexity index is 410. The van der Waals surface area contributed by atoms with Gasteiger partial charge in [0, 0.05) is 18.2 Å². The Morgan fingerprint density at radius 3 is 2.60 bits per heavy atom. The van der Waals surface area contributed by atoms with Gasteiger partial charge in [0.1, 0.15) is 5.54 Å². The number of carbonyl (C=O) groups is 1. The summed E-state index contributed by atoms with van der Waals surface area (Å²) in [4.78, 5) is 11.0. The van der Waals surface area contributed by atoms with Gasteiger partial charge in [-0.15, -0.1) is 0 Å². The minimum Gasteiger partial charge on any atom is -0.504 e. The molecule has 1 atom stereocenters. The number of aromatic hydroxyl groups is 2. The summed E-state index contributed by atoms with van der Waals surface area (Å²) in [6.07, 6.45) is 0.283. The zero-order valence-electron chi connectivity index (χ0n) is 8.11. The summed E-state index contributed by atoms with van der Waals surface area (Å²) in [5, 5.41) is 30.3. The molecule has 1 unspecified atom stereocenters. The molecule has 1 aromatic rings. The Hall–Kier alpha value is -1.91. The fourth-order valence-corrected chi connectivity index (χ4v) is 1.73. The predicted octanol–water partition coefficient (Wildman–Crippen LogP) is 0.909. The van der Waals surface area contributed by atoms with Crippen LogP contribution in [0.3, 0.4) is 0 Å². The van der Waals surface area contributed by atoms with Crippen molar-refractivity contribution in [2.24, 2.45) is 0 Å². The molecule has 1 aliphatic heterocycles. The van der Waals surface area contributed by atoms with Crippen molar-refractivity contribution in [2.45, 2.75) is 18.9 Å². The number of anilines is 1. The van der Waals surface area contributed by atoms with Crippen LogP contribution in [0.5, 0.6) is 11.5 Å². The summed E-state index contributed by atoms with van der Waals surface area (Å²) >= 11 is 0. The molecular formula is C10H11NO4. The molecule has 0 amide bonds. The van der Waals surface area contributed by atoms with Crippen molar-refractivity contribution in [2.75, 3.05) is 5.32 Å². The molecule has 0 saturated carbocycles. The van der Waals surface area contributed by atoms with Gasteiger partial charge in [0.15, 0.2) is 11.5 Å². The van der Waals surface area contributed by atoms with E-state index >= 15 is 0 Å². The van der Waals surface area contributed by atoms with Crippen LogP contribution < -0.4 is 5.32 Å². The van der Waals surface area contributed by atoms with Gasteiger partial charge in [-0.05, 0) is 18.6 Å². The van der Waals surface area contributed by atoms with Gasteiger partial charge >= 0.3 is 5.97 Å². The standard InChI is InChI=1S/C10H11NO4/c1-10(9(14)15)4-5-2-7(12)8(13)3-6(5)11-10/h2-3,11-13H,4H2,1H3,(H,14,15). The van der Waals surface area contributed by atoms with Crippen LogP contribution in [0.2, 0.25) is 0 Å². The van der Waals surface area contributed by atoms with Gasteiger partial charge in [-0.25, -0.2) is 4.79 Å². The number of nitrogens with one attached hydrogen (secondary N) is 1. The summed E-state index contributed by atoms with van der Waals surface area (Å²) < 4.78 is 0. The molecule has 0 bridgehead atoms. The highest BCUT2D eigenvalue weighted by molar-refractivity contribution is 5.86. The third kappa shape index (κ3) is 1.36. The van der Waals surface area contributed by atoms with Crippen LogP contribution >= 0.6 is 0 Å². The van der Waals surface area contributed by atoms with Crippen molar-refractivity contribution in [1.29, 1.82) is 0 Å². The Balaban J connectivity index is 2.43. The second-order valence-corrected chi connectivity index (χ2v) is 3.94. The Morgan fingerprint density at radius 1 is 1.40 bits per heavy atom. The SMILES string of the molecule is CC1(C(=O)O)Cc2cc(O)c(O)cc2N1. The van der Waals surface area contributed by atoms with Gasteiger partial charge in [0.05, 0.1) is 0 Å². The summed E-state index contributed by atoms with van der Waals surface area (Å²) in [5.41, 5.74) is 0.174. The van der Waals surface area contributed by atoms with Gasteiger partial charge in [0.25, 0.3) is 0 Å². The molecule has 0 aliphatic carbocycles. The maximum atomic E-state index is 11.0. The van der Waals surface area contributed by atoms with E-state index in [1.165, 1.54) is 12.1 Å². The minimum atomic E-state index is -1.07. The van der Waals surface area contributed by atoms with Crippen LogP contribution in [0, 0.1) is 0 Å². The van der Waals surface area contributed by atoms with Crippen molar-refractivity contribution in [1.82, 2.24) is 0 Å². The third-order valence-corrected chi connectivity index (χ3v) is 2.63. The average molecular weight is 209 g/mol. The van der Waals surface area contributed by atoms with Gasteiger partial charge in [-0.2, -0.15) is 0 Å². The summed E-state index contributed by atoms with van der Waals surface area (Å²) in [5.74, 6) is -1.45. The number of phenols is 2. The molecule has 0 saturated heterocycles. The Kier molecular flexibility index (Phi) is 1.79. The first kappa shape index (κ1) is 9.64. The topological polar surface area (TPSA) is 89.8 Å². The van der Waals surface area contributed by atoms with E-state index in [0.29, 0.717) is 11.3 Å². The lowest BCUT2D eigenvalue weighted by molar-refractivity contribution is -0.141. The van der Waals surface area contributed by atoms with E-state index in [2.05, 4.69) is 5.32 Å². The highest BCUT2D eigenvalue weighted by atomic mass is 16.4. The molecule has 0 aromatic heterocycles. The van der Waals surface area contributed by atoms with Crippen LogP contribution in [-0.2, 0) is 11.2 Å². The van der Waals surface area contributed by atoms with Crippen molar-refractivity contribution in [3.05, 3.63) is 17.7 Å². The van der Waals surface area contributed by atoms with E-state index in [0.717, 1.165) is 0 Å². The lowest BCUT2D eigenvalue weighted by Gasteiger charge is -2.18. The van der Waals surface area contributed by atoms with Crippen LogP contribution in [-0.4, -0.2) is 26.8 Å². The Labute approximate surface area is 86.0 Å². The number of aliphatic carboxylic acids is 1. The molecule has 80 valence electrons. The Morgan fingerprint density at radius 2 is 2.00 bits per heavy atom. The number of carboxylic acid groups (broad SMARTS) is 1. The summed E-state index contributed by atoms with van der Waals surface area (Å²) in [6.45, 7) is 1.56. The zero-order chi connectivity index (χ0) is 11.2. The molecule has 0 spiro atoms. The van der Waals surface area contributed by atoms with Crippen LogP contribution in [0.4, 0.5) is 5.69 Å². The van der Waals surface area contributed by atoms with Gasteiger partial charge < -0.3 is 20.6 Å². The van der Waals surface area contributed by atoms with E-state index in [9.17, 15) is 15.0 Å². The van der Waals surface area contributed by atoms with Gasteiger partial charge in [0.2, 0.25) is 0 Å². The molecule has 1 heterocycles. The molecule has 5 nitrogen and oxygen atoms in total. The minimum absolute atomic E-state index is 0.231. The summed E-state index contributed by atoms with van der Waals surface area (Å²) in [7, 11) is 0. The van der Waals surface area contributed by atoms with E-state index in [4.69, 9.17) is 5.11 Å². The molecule has 2 rings (SSSR count). The molecule has 1 aromatic carbocycles. The molecule has 15 heavy (non-hydrogen) atoms. The van der Waals surface area contributed by atoms with Crippen molar-refractivity contribution in [3.63, 3.8) is 0 Å². The molecule has 1 aliphatic rings. The van der Waals surface area contributed by atoms with Gasteiger partial charge in [-0.1, -0.05) is 0 Å². The van der Waals surface area contributed by atoms with E-state index < -0.39 is 11.5 Å². The molecular weight excluding hydrogens is 198 g/mol. The first-order chi connectivity index (χ1) is 6.92. The smallest absolute Gasteiger partial charge is 0.329 e. The number of carboxylic acids is 1. The predicted molar refractivity (Wildman–Crippen MR) is 53.1 cm³/mol. The van der Waals surface area contributed by atoms with Crippen molar-refractivity contribution >= 4 is 11.7 Å². The maximum absolute atomic E-state index is 11.0. The fourth-order valence-electron chi connectivity index (χ4n) is 1.73. The largest absolute Gasteiger partial charge is 0.504 e. The number of hydrogen-bond acceptors (Lipinski definition) is 4. The number of phenolic OH excluding ortho intramolecular Hbond substituents is 2. The number of rotatable bonds is 1. The van der Waals surface area contributed by atoms with E-state index in [1.807, 2.05) is 0 Å². The molecule has 0 radical (unpaired) electrons. The molecule has 5 heteroatoms. The van der Waals surface area contributed by atoms with Crippen LogP contribution in [0.25, 0.3) is 0 Å². The highest BCUT2D eigenvalue weighted by Crippen LogP contribution is 2.39. The lowest BCUT2D eigenvalue weighted by Crippen LogP contribution is -2.41.